The standard InChI is InChI=1S/C6H5BrFN.C5H3BrFN.CH3I/c1-4-5(7)2-9-3-6(4)8;6-4-1-5(7)3-8-2-4;1-2/h2-3H,1H3;1-3H;1H3. The van der Waals surface area contributed by atoms with Crippen LogP contribution in [0.25, 0.3) is 0 Å². The zero-order valence-electron chi connectivity index (χ0n) is 10.2. The van der Waals surface area contributed by atoms with E-state index in [-0.39, 0.29) is 11.6 Å². The summed E-state index contributed by atoms with van der Waals surface area (Å²) in [6.07, 6.45) is 5.45. The molecule has 2 nitrogen and oxygen atoms in total. The second-order valence-corrected chi connectivity index (χ2v) is 4.82. The Morgan fingerprint density at radius 2 is 1.58 bits per heavy atom. The number of hydrogen-bond acceptors (Lipinski definition) is 2. The van der Waals surface area contributed by atoms with Crippen molar-refractivity contribution in [2.24, 2.45) is 0 Å². The lowest BCUT2D eigenvalue weighted by Crippen LogP contribution is -1.84. The lowest BCUT2D eigenvalue weighted by atomic mass is 10.3. The van der Waals surface area contributed by atoms with Gasteiger partial charge >= 0.3 is 0 Å². The summed E-state index contributed by atoms with van der Waals surface area (Å²) in [7, 11) is 0. The molecule has 104 valence electrons. The van der Waals surface area contributed by atoms with Crippen LogP contribution in [0.4, 0.5) is 8.78 Å². The molecule has 0 N–H and O–H groups in total. The third kappa shape index (κ3) is 7.88. The molecule has 0 bridgehead atoms. The van der Waals surface area contributed by atoms with Crippen molar-refractivity contribution in [1.29, 1.82) is 0 Å². The van der Waals surface area contributed by atoms with Crippen LogP contribution in [-0.4, -0.2) is 14.9 Å². The molecule has 0 saturated heterocycles. The van der Waals surface area contributed by atoms with Gasteiger partial charge in [-0.25, -0.2) is 8.78 Å². The van der Waals surface area contributed by atoms with Gasteiger partial charge in [0.1, 0.15) is 11.6 Å². The Morgan fingerprint density at radius 3 is 1.95 bits per heavy atom. The van der Waals surface area contributed by atoms with Gasteiger partial charge in [-0.1, -0.05) is 22.6 Å². The van der Waals surface area contributed by atoms with Crippen LogP contribution in [0, 0.1) is 18.6 Å². The maximum atomic E-state index is 12.5. The monoisotopic (exact) mass is 506 g/mol. The third-order valence-corrected chi connectivity index (χ3v) is 3.00. The van der Waals surface area contributed by atoms with Crippen molar-refractivity contribution in [2.75, 3.05) is 4.93 Å². The largest absolute Gasteiger partial charge is 0.260 e. The number of halogens is 5. The Balaban J connectivity index is 0.000000303. The highest BCUT2D eigenvalue weighted by molar-refractivity contribution is 14.1. The van der Waals surface area contributed by atoms with Gasteiger partial charge in [-0.15, -0.1) is 0 Å². The van der Waals surface area contributed by atoms with Crippen molar-refractivity contribution in [1.82, 2.24) is 9.97 Å². The van der Waals surface area contributed by atoms with E-state index in [1.165, 1.54) is 18.5 Å². The van der Waals surface area contributed by atoms with Crippen molar-refractivity contribution in [3.63, 3.8) is 0 Å². The van der Waals surface area contributed by atoms with E-state index in [0.717, 1.165) is 6.20 Å². The van der Waals surface area contributed by atoms with Crippen LogP contribution in [0.3, 0.4) is 0 Å². The average molecular weight is 508 g/mol. The minimum absolute atomic E-state index is 0.274. The Labute approximate surface area is 141 Å². The van der Waals surface area contributed by atoms with Gasteiger partial charge < -0.3 is 0 Å². The first-order valence-electron chi connectivity index (χ1n) is 4.90. The van der Waals surface area contributed by atoms with Gasteiger partial charge in [0.25, 0.3) is 0 Å². The second kappa shape index (κ2) is 10.6. The molecule has 0 aliphatic carbocycles. The van der Waals surface area contributed by atoms with Crippen LogP contribution in [0.5, 0.6) is 0 Å². The molecule has 0 amide bonds. The zero-order chi connectivity index (χ0) is 14.8. The molecule has 2 heterocycles. The van der Waals surface area contributed by atoms with Crippen molar-refractivity contribution < 1.29 is 8.78 Å². The molecule has 0 unspecified atom stereocenters. The predicted molar refractivity (Wildman–Crippen MR) is 88.5 cm³/mol. The average Bonchev–Trinajstić information content (AvgIpc) is 2.39. The van der Waals surface area contributed by atoms with Crippen LogP contribution in [-0.2, 0) is 0 Å². The van der Waals surface area contributed by atoms with E-state index in [0.29, 0.717) is 14.5 Å². The molecule has 0 aromatic carbocycles. The van der Waals surface area contributed by atoms with Gasteiger partial charge in [0, 0.05) is 26.9 Å². The van der Waals surface area contributed by atoms with Crippen LogP contribution in [0.1, 0.15) is 5.56 Å². The highest BCUT2D eigenvalue weighted by Gasteiger charge is 1.98. The lowest BCUT2D eigenvalue weighted by Gasteiger charge is -1.94. The van der Waals surface area contributed by atoms with Gasteiger partial charge in [-0.2, -0.15) is 0 Å². The van der Waals surface area contributed by atoms with Gasteiger partial charge in [0.05, 0.1) is 12.4 Å². The minimum Gasteiger partial charge on any atom is -0.260 e. The summed E-state index contributed by atoms with van der Waals surface area (Å²) >= 11 is 8.35. The van der Waals surface area contributed by atoms with E-state index in [1.807, 2.05) is 4.93 Å². The first kappa shape index (κ1) is 18.9. The summed E-state index contributed by atoms with van der Waals surface area (Å²) in [5.41, 5.74) is 0.602. The first-order chi connectivity index (χ1) is 9.00. The quantitative estimate of drug-likeness (QED) is 0.356. The fourth-order valence-electron chi connectivity index (χ4n) is 0.862. The van der Waals surface area contributed by atoms with Crippen LogP contribution in [0.2, 0.25) is 0 Å². The van der Waals surface area contributed by atoms with E-state index < -0.39 is 0 Å². The van der Waals surface area contributed by atoms with Crippen molar-refractivity contribution >= 4 is 54.5 Å². The number of pyridine rings is 2. The molecule has 19 heavy (non-hydrogen) atoms. The van der Waals surface area contributed by atoms with E-state index in [1.54, 1.807) is 13.1 Å². The molecule has 0 fully saturated rings. The molecule has 7 heteroatoms. The molecule has 0 aliphatic heterocycles. The molecular weight excluding hydrogens is 497 g/mol. The normalized spacial score (nSPS) is 8.79. The van der Waals surface area contributed by atoms with Crippen LogP contribution in [0.15, 0.2) is 39.8 Å². The molecule has 2 aromatic heterocycles. The maximum Gasteiger partial charge on any atom is 0.145 e. The van der Waals surface area contributed by atoms with Crippen LogP contribution < -0.4 is 0 Å². The first-order valence-corrected chi connectivity index (χ1v) is 8.64. The zero-order valence-corrected chi connectivity index (χ0v) is 15.5. The molecular formula is C12H11Br2F2IN2. The number of alkyl halides is 1. The molecule has 2 aromatic rings. The van der Waals surface area contributed by atoms with Crippen LogP contribution >= 0.6 is 54.5 Å². The Morgan fingerprint density at radius 1 is 1.00 bits per heavy atom. The minimum atomic E-state index is -0.320. The summed E-state index contributed by atoms with van der Waals surface area (Å²) < 4.78 is 25.9. The molecule has 0 radical (unpaired) electrons. The van der Waals surface area contributed by atoms with Crippen molar-refractivity contribution in [2.45, 2.75) is 6.92 Å². The highest BCUT2D eigenvalue weighted by Crippen LogP contribution is 2.15. The maximum absolute atomic E-state index is 12.5. The Hall–Kier alpha value is -0.150. The second-order valence-electron chi connectivity index (χ2n) is 3.05. The van der Waals surface area contributed by atoms with Gasteiger partial charge in [-0.3, -0.25) is 9.97 Å². The summed E-state index contributed by atoms with van der Waals surface area (Å²) in [6, 6.07) is 1.35. The molecule has 0 aliphatic rings. The topological polar surface area (TPSA) is 25.8 Å². The fraction of sp³-hybridized carbons (Fsp3) is 0.167. The molecule has 0 atom stereocenters. The number of rotatable bonds is 0. The fourth-order valence-corrected chi connectivity index (χ4v) is 1.51. The van der Waals surface area contributed by atoms with E-state index in [9.17, 15) is 8.78 Å². The van der Waals surface area contributed by atoms with E-state index >= 15 is 0 Å². The van der Waals surface area contributed by atoms with Gasteiger partial charge in [0.2, 0.25) is 0 Å². The summed E-state index contributed by atoms with van der Waals surface area (Å²) in [5, 5.41) is 0. The van der Waals surface area contributed by atoms with Crippen molar-refractivity contribution in [3.8, 4) is 0 Å². The summed E-state index contributed by atoms with van der Waals surface area (Å²) in [5.74, 6) is -0.594. The number of nitrogens with zero attached hydrogens (tertiary/aromatic N) is 2. The number of aromatic nitrogens is 2. The Bertz CT molecular complexity index is 475. The Kier molecular flexibility index (Phi) is 10.5. The molecule has 0 spiro atoms. The third-order valence-electron chi connectivity index (χ3n) is 1.76. The van der Waals surface area contributed by atoms with E-state index in [4.69, 9.17) is 0 Å². The van der Waals surface area contributed by atoms with Gasteiger partial charge in [0.15, 0.2) is 0 Å². The van der Waals surface area contributed by atoms with Gasteiger partial charge in [-0.05, 0) is 49.8 Å². The van der Waals surface area contributed by atoms with Crippen molar-refractivity contribution in [3.05, 3.63) is 57.0 Å². The number of hydrogen-bond donors (Lipinski definition) is 0. The lowest BCUT2D eigenvalue weighted by molar-refractivity contribution is 0.610. The highest BCUT2D eigenvalue weighted by atomic mass is 127. The SMILES string of the molecule is CI.Cc1c(F)cncc1Br.Fc1cncc(Br)c1. The molecule has 2 rings (SSSR count). The smallest absolute Gasteiger partial charge is 0.145 e. The molecule has 0 saturated carbocycles. The predicted octanol–water partition coefficient (Wildman–Crippen LogP) is 5.33. The summed E-state index contributed by atoms with van der Waals surface area (Å²) in [4.78, 5) is 9.15. The summed E-state index contributed by atoms with van der Waals surface area (Å²) in [6.45, 7) is 1.70. The van der Waals surface area contributed by atoms with E-state index in [2.05, 4.69) is 64.4 Å².